The van der Waals surface area contributed by atoms with Gasteiger partial charge in [0.1, 0.15) is 0 Å². The van der Waals surface area contributed by atoms with Crippen LogP contribution >= 0.6 is 0 Å². The lowest BCUT2D eigenvalue weighted by atomic mass is 9.54. The Morgan fingerprint density at radius 2 is 2.08 bits per heavy atom. The number of hydrogen-bond donors (Lipinski definition) is 0. The van der Waals surface area contributed by atoms with Crippen LogP contribution in [0.1, 0.15) is 13.3 Å². The quantitative estimate of drug-likeness (QED) is 0.614. The van der Waals surface area contributed by atoms with Gasteiger partial charge in [-0.3, -0.25) is 0 Å². The van der Waals surface area contributed by atoms with Gasteiger partial charge in [0.2, 0.25) is 0 Å². The van der Waals surface area contributed by atoms with Gasteiger partial charge in [-0.15, -0.1) is 0 Å². The molecule has 1 fully saturated rings. The first-order chi connectivity index (χ1) is 6.42. The summed E-state index contributed by atoms with van der Waals surface area (Å²) < 4.78 is 0. The van der Waals surface area contributed by atoms with Crippen LogP contribution in [0.25, 0.3) is 0 Å². The maximum absolute atomic E-state index is 2.56. The zero-order chi connectivity index (χ0) is 9.10. The van der Waals surface area contributed by atoms with Crippen LogP contribution < -0.4 is 5.46 Å². The molecule has 1 aliphatic rings. The fraction of sp³-hybridized carbons (Fsp3) is 0.455. The lowest BCUT2D eigenvalue weighted by Crippen LogP contribution is -2.43. The normalized spacial score (nSPS) is 18.1. The lowest BCUT2D eigenvalue weighted by Gasteiger charge is -2.19. The molecule has 0 aromatic heterocycles. The molecular weight excluding hydrogens is 157 g/mol. The van der Waals surface area contributed by atoms with Crippen LogP contribution in [0.5, 0.6) is 0 Å². The second-order valence-electron chi connectivity index (χ2n) is 3.70. The summed E-state index contributed by atoms with van der Waals surface area (Å²) in [4.78, 5) is 2.56. The highest BCUT2D eigenvalue weighted by Crippen LogP contribution is 2.13. The van der Waals surface area contributed by atoms with Crippen LogP contribution in [0.15, 0.2) is 30.3 Å². The van der Waals surface area contributed by atoms with Crippen molar-refractivity contribution in [1.29, 1.82) is 0 Å². The number of rotatable bonds is 2. The third kappa shape index (κ3) is 1.78. The second kappa shape index (κ2) is 3.97. The molecule has 0 unspecified atom stereocenters. The molecule has 0 bridgehead atoms. The van der Waals surface area contributed by atoms with Crippen molar-refractivity contribution in [3.63, 3.8) is 0 Å². The Morgan fingerprint density at radius 1 is 1.31 bits per heavy atom. The summed E-state index contributed by atoms with van der Waals surface area (Å²) in [6, 6.07) is 10.9. The standard InChI is InChI=1S/C11H16BN/c1-2-13-10-6-9-12(13)11-7-4-3-5-8-11/h3-5,7-8H,2,6,9-10H2,1H3. The predicted octanol–water partition coefficient (Wildman–Crippen LogP) is 1.61. The van der Waals surface area contributed by atoms with E-state index in [0.717, 1.165) is 0 Å². The molecule has 68 valence electrons. The molecule has 1 saturated heterocycles. The van der Waals surface area contributed by atoms with E-state index in [-0.39, 0.29) is 0 Å². The minimum atomic E-state index is 0.686. The molecule has 0 aliphatic carbocycles. The van der Waals surface area contributed by atoms with E-state index in [1.807, 2.05) is 0 Å². The van der Waals surface area contributed by atoms with Crippen LogP contribution in [0.3, 0.4) is 0 Å². The highest BCUT2D eigenvalue weighted by atomic mass is 15.1. The van der Waals surface area contributed by atoms with E-state index in [1.54, 1.807) is 0 Å². The third-order valence-electron chi connectivity index (χ3n) is 2.95. The first-order valence-electron chi connectivity index (χ1n) is 5.21. The number of hydrogen-bond acceptors (Lipinski definition) is 1. The summed E-state index contributed by atoms with van der Waals surface area (Å²) in [6.07, 6.45) is 2.69. The Kier molecular flexibility index (Phi) is 2.69. The molecule has 1 heterocycles. The fourth-order valence-electron chi connectivity index (χ4n) is 2.26. The predicted molar refractivity (Wildman–Crippen MR) is 58.5 cm³/mol. The Hall–Kier alpha value is -0.755. The van der Waals surface area contributed by atoms with E-state index >= 15 is 0 Å². The molecule has 1 aromatic carbocycles. The first kappa shape index (κ1) is 8.83. The second-order valence-corrected chi connectivity index (χ2v) is 3.70. The summed E-state index contributed by atoms with van der Waals surface area (Å²) in [5, 5.41) is 0. The summed E-state index contributed by atoms with van der Waals surface area (Å²) in [6.45, 7) is 5.39. The molecular formula is C11H16BN. The average Bonchev–Trinajstić information content (AvgIpc) is 2.67. The van der Waals surface area contributed by atoms with Crippen molar-refractivity contribution >= 4 is 12.3 Å². The van der Waals surface area contributed by atoms with Crippen molar-refractivity contribution in [2.75, 3.05) is 13.1 Å². The largest absolute Gasteiger partial charge is 0.338 e. The minimum absolute atomic E-state index is 0.686. The van der Waals surface area contributed by atoms with Gasteiger partial charge < -0.3 is 4.81 Å². The molecule has 0 N–H and O–H groups in total. The van der Waals surface area contributed by atoms with Crippen molar-refractivity contribution in [3.8, 4) is 0 Å². The van der Waals surface area contributed by atoms with Gasteiger partial charge in [0.25, 0.3) is 6.85 Å². The van der Waals surface area contributed by atoms with Gasteiger partial charge in [-0.25, -0.2) is 0 Å². The lowest BCUT2D eigenvalue weighted by molar-refractivity contribution is 0.496. The molecule has 0 spiro atoms. The van der Waals surface area contributed by atoms with Crippen molar-refractivity contribution in [3.05, 3.63) is 30.3 Å². The molecule has 1 nitrogen and oxygen atoms in total. The van der Waals surface area contributed by atoms with Crippen LogP contribution in [0, 0.1) is 0 Å². The Morgan fingerprint density at radius 3 is 2.77 bits per heavy atom. The summed E-state index contributed by atoms with van der Waals surface area (Å²) in [5.41, 5.74) is 1.49. The van der Waals surface area contributed by atoms with Gasteiger partial charge in [-0.05, 0) is 19.5 Å². The summed E-state index contributed by atoms with van der Waals surface area (Å²) >= 11 is 0. The minimum Gasteiger partial charge on any atom is -0.338 e. The van der Waals surface area contributed by atoms with Gasteiger partial charge in [-0.2, -0.15) is 0 Å². The molecule has 0 amide bonds. The number of nitrogens with zero attached hydrogens (tertiary/aromatic N) is 1. The topological polar surface area (TPSA) is 3.24 Å². The number of benzene rings is 1. The SMILES string of the molecule is CCN1CCCB1c1ccccc1. The van der Waals surface area contributed by atoms with Crippen LogP contribution in [0.4, 0.5) is 0 Å². The Labute approximate surface area is 80.9 Å². The highest BCUT2D eigenvalue weighted by Gasteiger charge is 2.28. The van der Waals surface area contributed by atoms with E-state index < -0.39 is 0 Å². The molecule has 0 atom stereocenters. The fourth-order valence-corrected chi connectivity index (χ4v) is 2.26. The Bertz CT molecular complexity index is 260. The monoisotopic (exact) mass is 173 g/mol. The third-order valence-corrected chi connectivity index (χ3v) is 2.95. The first-order valence-corrected chi connectivity index (χ1v) is 5.21. The molecule has 13 heavy (non-hydrogen) atoms. The molecule has 2 heteroatoms. The zero-order valence-corrected chi connectivity index (χ0v) is 8.24. The van der Waals surface area contributed by atoms with E-state index in [0.29, 0.717) is 6.85 Å². The van der Waals surface area contributed by atoms with Gasteiger partial charge in [0.05, 0.1) is 0 Å². The maximum Gasteiger partial charge on any atom is 0.257 e. The summed E-state index contributed by atoms with van der Waals surface area (Å²) in [5.74, 6) is 0. The van der Waals surface area contributed by atoms with Crippen molar-refractivity contribution < 1.29 is 0 Å². The molecule has 2 rings (SSSR count). The molecule has 1 aromatic rings. The van der Waals surface area contributed by atoms with E-state index in [2.05, 4.69) is 42.1 Å². The average molecular weight is 173 g/mol. The Balaban J connectivity index is 2.16. The van der Waals surface area contributed by atoms with Gasteiger partial charge in [0, 0.05) is 0 Å². The zero-order valence-electron chi connectivity index (χ0n) is 8.24. The van der Waals surface area contributed by atoms with Crippen molar-refractivity contribution in [2.24, 2.45) is 0 Å². The van der Waals surface area contributed by atoms with Gasteiger partial charge in [0.15, 0.2) is 0 Å². The van der Waals surface area contributed by atoms with Crippen LogP contribution in [-0.4, -0.2) is 24.7 Å². The summed E-state index contributed by atoms with van der Waals surface area (Å²) in [7, 11) is 0. The maximum atomic E-state index is 2.56. The van der Waals surface area contributed by atoms with Crippen LogP contribution in [-0.2, 0) is 0 Å². The molecule has 0 radical (unpaired) electrons. The molecule has 0 saturated carbocycles. The highest BCUT2D eigenvalue weighted by molar-refractivity contribution is 6.71. The van der Waals surface area contributed by atoms with Crippen LogP contribution in [0.2, 0.25) is 6.32 Å². The van der Waals surface area contributed by atoms with E-state index in [1.165, 1.54) is 31.3 Å². The van der Waals surface area contributed by atoms with Crippen molar-refractivity contribution in [2.45, 2.75) is 19.7 Å². The molecule has 1 aliphatic heterocycles. The van der Waals surface area contributed by atoms with Crippen molar-refractivity contribution in [1.82, 2.24) is 4.81 Å². The van der Waals surface area contributed by atoms with E-state index in [4.69, 9.17) is 0 Å². The van der Waals surface area contributed by atoms with Gasteiger partial charge >= 0.3 is 0 Å². The van der Waals surface area contributed by atoms with E-state index in [9.17, 15) is 0 Å². The van der Waals surface area contributed by atoms with Gasteiger partial charge in [-0.1, -0.05) is 49.0 Å². The smallest absolute Gasteiger partial charge is 0.257 e.